The molecule has 0 spiro atoms. The number of halogens is 2. The fraction of sp³-hybridized carbons (Fsp3) is 0.423. The summed E-state index contributed by atoms with van der Waals surface area (Å²) in [5.41, 5.74) is 1.62. The Morgan fingerprint density at radius 2 is 1.92 bits per heavy atom. The average Bonchev–Trinajstić information content (AvgIpc) is 2.83. The third-order valence-corrected chi connectivity index (χ3v) is 7.13. The lowest BCUT2D eigenvalue weighted by atomic mass is 10.00. The maximum atomic E-state index is 15.3. The van der Waals surface area contributed by atoms with Gasteiger partial charge in [-0.2, -0.15) is 0 Å². The Balaban J connectivity index is 1.63. The summed E-state index contributed by atoms with van der Waals surface area (Å²) < 4.78 is 58.4. The van der Waals surface area contributed by atoms with Crippen LogP contribution in [0.2, 0.25) is 0 Å². The zero-order valence-corrected chi connectivity index (χ0v) is 22.1. The summed E-state index contributed by atoms with van der Waals surface area (Å²) in [5, 5.41) is 5.05. The van der Waals surface area contributed by atoms with Crippen molar-refractivity contribution in [1.82, 2.24) is 15.0 Å². The third kappa shape index (κ3) is 6.40. The van der Waals surface area contributed by atoms with Crippen LogP contribution in [0.15, 0.2) is 36.7 Å². The molecule has 0 aliphatic carbocycles. The van der Waals surface area contributed by atoms with Gasteiger partial charge in [0.2, 0.25) is 10.0 Å². The molecule has 3 aromatic rings. The number of rotatable bonds is 8. The fourth-order valence-electron chi connectivity index (χ4n) is 4.27. The number of fused-ring (bicyclic) bond motifs is 1. The smallest absolute Gasteiger partial charge is 0.209 e. The lowest BCUT2D eigenvalue weighted by molar-refractivity contribution is 0.0960. The number of hydrogen-bond donors (Lipinski definition) is 1. The summed E-state index contributed by atoms with van der Waals surface area (Å²) in [7, 11) is -3.56. The molecule has 1 aromatic carbocycles. The van der Waals surface area contributed by atoms with E-state index in [-0.39, 0.29) is 36.1 Å². The van der Waals surface area contributed by atoms with Crippen LogP contribution in [0.3, 0.4) is 0 Å². The van der Waals surface area contributed by atoms with Gasteiger partial charge in [0.1, 0.15) is 17.1 Å². The molecule has 3 heterocycles. The van der Waals surface area contributed by atoms with Crippen molar-refractivity contribution in [3.8, 4) is 17.0 Å². The Morgan fingerprint density at radius 1 is 1.16 bits per heavy atom. The number of primary sulfonamides is 1. The number of nitrogens with two attached hydrogens (primary N) is 1. The number of ether oxygens (including phenoxy) is 1. The molecule has 1 unspecified atom stereocenters. The first-order chi connectivity index (χ1) is 17.3. The van der Waals surface area contributed by atoms with Crippen molar-refractivity contribution in [3.63, 3.8) is 0 Å². The molecule has 0 amide bonds. The molecule has 11 heteroatoms. The van der Waals surface area contributed by atoms with E-state index in [9.17, 15) is 12.8 Å². The molecule has 1 atom stereocenters. The molecule has 0 saturated carbocycles. The number of hydrogen-bond acceptors (Lipinski definition) is 7. The lowest BCUT2D eigenvalue weighted by Gasteiger charge is -2.44. The number of aryl methyl sites for hydroxylation is 1. The van der Waals surface area contributed by atoms with E-state index in [0.717, 1.165) is 18.2 Å². The quantitative estimate of drug-likeness (QED) is 0.467. The Labute approximate surface area is 216 Å². The summed E-state index contributed by atoms with van der Waals surface area (Å²) in [6.07, 6.45) is 3.95. The highest BCUT2D eigenvalue weighted by Gasteiger charge is 2.36. The summed E-state index contributed by atoms with van der Waals surface area (Å²) in [6.45, 7) is 8.51. The highest BCUT2D eigenvalue weighted by atomic mass is 32.2. The number of sulfonamides is 1. The van der Waals surface area contributed by atoms with Gasteiger partial charge in [0, 0.05) is 23.5 Å². The third-order valence-electron chi connectivity index (χ3n) is 6.35. The highest BCUT2D eigenvalue weighted by Crippen LogP contribution is 2.43. The molecule has 0 bridgehead atoms. The number of anilines is 1. The van der Waals surface area contributed by atoms with Gasteiger partial charge in [0.05, 0.1) is 30.6 Å². The maximum absolute atomic E-state index is 15.3. The van der Waals surface area contributed by atoms with Crippen LogP contribution >= 0.6 is 0 Å². The molecule has 2 N–H and O–H groups in total. The predicted molar refractivity (Wildman–Crippen MR) is 138 cm³/mol. The molecule has 198 valence electrons. The van der Waals surface area contributed by atoms with Crippen molar-refractivity contribution >= 4 is 15.7 Å². The van der Waals surface area contributed by atoms with Gasteiger partial charge >= 0.3 is 0 Å². The number of benzene rings is 1. The zero-order chi connectivity index (χ0) is 27.0. The highest BCUT2D eigenvalue weighted by molar-refractivity contribution is 7.89. The molecular formula is C26H31F2N5O3S. The van der Waals surface area contributed by atoms with Gasteiger partial charge in [-0.1, -0.05) is 13.0 Å². The van der Waals surface area contributed by atoms with Crippen LogP contribution in [0.25, 0.3) is 11.3 Å². The molecule has 0 radical (unpaired) electrons. The molecule has 0 fully saturated rings. The van der Waals surface area contributed by atoms with Crippen molar-refractivity contribution in [2.45, 2.75) is 58.6 Å². The number of nitrogens with zero attached hydrogens (tertiary/aromatic N) is 4. The average molecular weight is 532 g/mol. The first kappa shape index (κ1) is 26.9. The van der Waals surface area contributed by atoms with Crippen LogP contribution in [0, 0.1) is 11.6 Å². The van der Waals surface area contributed by atoms with Gasteiger partial charge in [0.25, 0.3) is 0 Å². The topological polar surface area (TPSA) is 111 Å². The summed E-state index contributed by atoms with van der Waals surface area (Å²) >= 11 is 0. The van der Waals surface area contributed by atoms with Gasteiger partial charge in [-0.3, -0.25) is 4.98 Å². The summed E-state index contributed by atoms with van der Waals surface area (Å²) in [5.74, 6) is -0.948. The second-order valence-electron chi connectivity index (χ2n) is 9.99. The van der Waals surface area contributed by atoms with Crippen LogP contribution in [-0.4, -0.2) is 47.3 Å². The van der Waals surface area contributed by atoms with Crippen molar-refractivity contribution in [1.29, 1.82) is 0 Å². The Hall–Kier alpha value is -3.18. The minimum Gasteiger partial charge on any atom is -0.481 e. The lowest BCUT2D eigenvalue weighted by Crippen LogP contribution is -2.50. The first-order valence-electron chi connectivity index (χ1n) is 12.1. The van der Waals surface area contributed by atoms with E-state index in [4.69, 9.17) is 9.88 Å². The van der Waals surface area contributed by atoms with E-state index in [1.54, 1.807) is 24.4 Å². The van der Waals surface area contributed by atoms with E-state index in [0.29, 0.717) is 29.3 Å². The SMILES string of the molecule is CCC(C)N1CC(C)(C)Oc2c(F)cc(-c3nc(Cc4ccc(CCS(N)(=O)=O)cn4)ncc3F)cc21. The van der Waals surface area contributed by atoms with E-state index in [2.05, 4.69) is 33.7 Å². The largest absolute Gasteiger partial charge is 0.481 e. The molecule has 2 aromatic heterocycles. The Kier molecular flexibility index (Phi) is 7.48. The van der Waals surface area contributed by atoms with Gasteiger partial charge in [-0.15, -0.1) is 0 Å². The second kappa shape index (κ2) is 10.3. The normalized spacial score (nSPS) is 15.7. The van der Waals surface area contributed by atoms with Crippen LogP contribution in [0.4, 0.5) is 14.5 Å². The Bertz CT molecular complexity index is 1400. The first-order valence-corrected chi connectivity index (χ1v) is 13.8. The van der Waals surface area contributed by atoms with Crippen molar-refractivity contribution in [3.05, 3.63) is 65.4 Å². The predicted octanol–water partition coefficient (Wildman–Crippen LogP) is 4.01. The molecule has 1 aliphatic heterocycles. The van der Waals surface area contributed by atoms with Gasteiger partial charge in [-0.25, -0.2) is 32.3 Å². The van der Waals surface area contributed by atoms with Crippen LogP contribution < -0.4 is 14.8 Å². The molecule has 1 aliphatic rings. The van der Waals surface area contributed by atoms with E-state index >= 15 is 4.39 Å². The molecule has 4 rings (SSSR count). The molecule has 8 nitrogen and oxygen atoms in total. The van der Waals surface area contributed by atoms with E-state index in [1.807, 2.05) is 13.8 Å². The minimum absolute atomic E-state index is 0.00888. The molecular weight excluding hydrogens is 500 g/mol. The minimum atomic E-state index is -3.56. The summed E-state index contributed by atoms with van der Waals surface area (Å²) in [6, 6.07) is 6.56. The monoisotopic (exact) mass is 531 g/mol. The van der Waals surface area contributed by atoms with Gasteiger partial charge in [-0.05, 0) is 57.4 Å². The molecule has 37 heavy (non-hydrogen) atoms. The number of pyridine rings is 1. The standard InChI is InChI=1S/C26H31F2N5O3S/c1-5-16(2)33-15-26(3,4)36-25-20(27)10-18(11-22(25)33)24-21(28)14-31-23(32-24)12-19-7-6-17(13-30-19)8-9-37(29,34)35/h6-7,10-11,13-14,16H,5,8-9,12,15H2,1-4H3,(H2,29,34,35). The van der Waals surface area contributed by atoms with Crippen molar-refractivity contribution in [2.24, 2.45) is 5.14 Å². The van der Waals surface area contributed by atoms with Crippen LogP contribution in [0.1, 0.15) is 51.2 Å². The van der Waals surface area contributed by atoms with E-state index < -0.39 is 27.3 Å². The van der Waals surface area contributed by atoms with Gasteiger partial charge in [0.15, 0.2) is 17.4 Å². The van der Waals surface area contributed by atoms with Crippen LogP contribution in [0.5, 0.6) is 5.75 Å². The summed E-state index contributed by atoms with van der Waals surface area (Å²) in [4.78, 5) is 14.9. The van der Waals surface area contributed by atoms with Crippen molar-refractivity contribution in [2.75, 3.05) is 17.2 Å². The second-order valence-corrected chi connectivity index (χ2v) is 11.7. The Morgan fingerprint density at radius 3 is 2.57 bits per heavy atom. The van der Waals surface area contributed by atoms with E-state index in [1.165, 1.54) is 6.07 Å². The zero-order valence-electron chi connectivity index (χ0n) is 21.3. The molecule has 0 saturated heterocycles. The van der Waals surface area contributed by atoms with Crippen LogP contribution in [-0.2, 0) is 22.9 Å². The fourth-order valence-corrected chi connectivity index (χ4v) is 4.79. The van der Waals surface area contributed by atoms with Gasteiger partial charge < -0.3 is 9.64 Å². The number of aromatic nitrogens is 3. The van der Waals surface area contributed by atoms with Crippen molar-refractivity contribution < 1.29 is 21.9 Å². The maximum Gasteiger partial charge on any atom is 0.209 e.